The molecule has 2 N–H and O–H groups in total. The molecule has 0 aliphatic rings. The smallest absolute Gasteiger partial charge is 0.480 e. The predicted molar refractivity (Wildman–Crippen MR) is 92.3 cm³/mol. The Kier molecular flexibility index (Phi) is 6.42. The van der Waals surface area contributed by atoms with Crippen LogP contribution < -0.4 is 10.1 Å². The Hall–Kier alpha value is -2.62. The average Bonchev–Trinajstić information content (AvgIpc) is 2.99. The number of thiazole rings is 1. The van der Waals surface area contributed by atoms with E-state index in [1.54, 1.807) is 19.2 Å². The molecular weight excluding hydrogens is 385 g/mol. The molecule has 0 aliphatic heterocycles. The quantitative estimate of drug-likeness (QED) is 0.740. The second kappa shape index (κ2) is 8.38. The summed E-state index contributed by atoms with van der Waals surface area (Å²) >= 11 is 1.22. The number of ether oxygens (including phenoxy) is 1. The van der Waals surface area contributed by atoms with E-state index in [9.17, 15) is 22.8 Å². The van der Waals surface area contributed by atoms with Gasteiger partial charge in [-0.25, -0.2) is 9.78 Å². The third-order valence-electron chi connectivity index (χ3n) is 3.48. The number of rotatable bonds is 7. The fourth-order valence-electron chi connectivity index (χ4n) is 2.22. The molecule has 2 aromatic rings. The van der Waals surface area contributed by atoms with Gasteiger partial charge in [0, 0.05) is 10.9 Å². The monoisotopic (exact) mass is 402 g/mol. The van der Waals surface area contributed by atoms with Gasteiger partial charge in [0.1, 0.15) is 16.8 Å². The Morgan fingerprint density at radius 1 is 1.26 bits per heavy atom. The van der Waals surface area contributed by atoms with Crippen molar-refractivity contribution in [2.75, 3.05) is 0 Å². The number of hydrogen-bond donors (Lipinski definition) is 2. The lowest BCUT2D eigenvalue weighted by Gasteiger charge is -2.17. The molecule has 0 bridgehead atoms. The van der Waals surface area contributed by atoms with Crippen molar-refractivity contribution in [3.8, 4) is 16.3 Å². The van der Waals surface area contributed by atoms with Gasteiger partial charge in [0.2, 0.25) is 5.91 Å². The number of carboxylic acid groups (broad SMARTS) is 1. The zero-order chi connectivity index (χ0) is 20.2. The summed E-state index contributed by atoms with van der Waals surface area (Å²) in [6.45, 7) is 3.37. The minimum atomic E-state index is -4.76. The van der Waals surface area contributed by atoms with E-state index in [0.717, 1.165) is 0 Å². The van der Waals surface area contributed by atoms with Crippen LogP contribution in [-0.2, 0) is 16.0 Å². The van der Waals surface area contributed by atoms with Crippen LogP contribution in [0.2, 0.25) is 0 Å². The van der Waals surface area contributed by atoms with E-state index in [1.807, 2.05) is 0 Å². The van der Waals surface area contributed by atoms with Crippen LogP contribution >= 0.6 is 11.3 Å². The van der Waals surface area contributed by atoms with Gasteiger partial charge in [0.25, 0.3) is 0 Å². The van der Waals surface area contributed by atoms with Gasteiger partial charge in [0.05, 0.1) is 12.1 Å². The van der Waals surface area contributed by atoms with Crippen molar-refractivity contribution in [2.45, 2.75) is 32.7 Å². The lowest BCUT2D eigenvalue weighted by Crippen LogP contribution is -2.44. The third kappa shape index (κ3) is 6.24. The highest BCUT2D eigenvalue weighted by Gasteiger charge is 2.31. The highest BCUT2D eigenvalue weighted by molar-refractivity contribution is 7.13. The molecule has 1 atom stereocenters. The predicted octanol–water partition coefficient (Wildman–Crippen LogP) is 3.48. The van der Waals surface area contributed by atoms with E-state index in [1.165, 1.54) is 35.6 Å². The Bertz CT molecular complexity index is 803. The molecule has 1 aromatic carbocycles. The molecule has 0 aliphatic carbocycles. The fourth-order valence-corrected chi connectivity index (χ4v) is 3.05. The summed E-state index contributed by atoms with van der Waals surface area (Å²) in [5.74, 6) is -2.19. The first kappa shape index (κ1) is 20.7. The van der Waals surface area contributed by atoms with E-state index in [-0.39, 0.29) is 18.1 Å². The molecule has 27 heavy (non-hydrogen) atoms. The Morgan fingerprint density at radius 3 is 2.41 bits per heavy atom. The number of aromatic nitrogens is 1. The third-order valence-corrected chi connectivity index (χ3v) is 4.42. The van der Waals surface area contributed by atoms with Crippen LogP contribution in [0, 0.1) is 5.92 Å². The van der Waals surface area contributed by atoms with E-state index in [2.05, 4.69) is 15.0 Å². The van der Waals surface area contributed by atoms with Crippen molar-refractivity contribution in [3.05, 3.63) is 35.3 Å². The minimum absolute atomic E-state index is 0.0950. The van der Waals surface area contributed by atoms with Crippen LogP contribution in [0.15, 0.2) is 29.6 Å². The second-order valence-electron chi connectivity index (χ2n) is 6.02. The maximum Gasteiger partial charge on any atom is 0.573 e. The number of nitrogens with one attached hydrogen (secondary N) is 1. The van der Waals surface area contributed by atoms with Crippen LogP contribution in [0.5, 0.6) is 5.75 Å². The number of carbonyl (C=O) groups is 2. The maximum absolute atomic E-state index is 12.2. The van der Waals surface area contributed by atoms with Gasteiger partial charge in [-0.05, 0) is 30.2 Å². The summed E-state index contributed by atoms with van der Waals surface area (Å²) in [5.41, 5.74) is 1.02. The van der Waals surface area contributed by atoms with Gasteiger partial charge in [-0.15, -0.1) is 24.5 Å². The van der Waals surface area contributed by atoms with E-state index < -0.39 is 24.3 Å². The summed E-state index contributed by atoms with van der Waals surface area (Å²) in [5, 5.41) is 13.7. The standard InChI is InChI=1S/C17H17F3N2O4S/c1-9(2)14(16(24)25)22-13(23)7-11-8-27-15(21-11)10-3-5-12(6-4-10)26-17(18,19)20/h3-6,8-9,14H,7H2,1-2H3,(H,22,23)(H,24,25). The number of alkyl halides is 3. The molecule has 6 nitrogen and oxygen atoms in total. The van der Waals surface area contributed by atoms with Crippen LogP contribution in [0.4, 0.5) is 13.2 Å². The van der Waals surface area contributed by atoms with Crippen LogP contribution in [0.3, 0.4) is 0 Å². The minimum Gasteiger partial charge on any atom is -0.480 e. The molecule has 0 saturated carbocycles. The summed E-state index contributed by atoms with van der Waals surface area (Å²) in [6, 6.07) is 4.23. The van der Waals surface area contributed by atoms with Crippen molar-refractivity contribution in [1.82, 2.24) is 10.3 Å². The average molecular weight is 402 g/mol. The second-order valence-corrected chi connectivity index (χ2v) is 6.88. The Labute approximate surface area is 157 Å². The molecular formula is C17H17F3N2O4S. The molecule has 1 unspecified atom stereocenters. The lowest BCUT2D eigenvalue weighted by atomic mass is 10.0. The van der Waals surface area contributed by atoms with Gasteiger partial charge in [0.15, 0.2) is 0 Å². The summed E-state index contributed by atoms with van der Waals surface area (Å²) in [7, 11) is 0. The number of carboxylic acids is 1. The number of hydrogen-bond acceptors (Lipinski definition) is 5. The number of nitrogens with zero attached hydrogens (tertiary/aromatic N) is 1. The van der Waals surface area contributed by atoms with E-state index in [0.29, 0.717) is 16.3 Å². The van der Waals surface area contributed by atoms with Crippen molar-refractivity contribution in [2.24, 2.45) is 5.92 Å². The number of amides is 1. The zero-order valence-corrected chi connectivity index (χ0v) is 15.2. The molecule has 0 fully saturated rings. The number of aliphatic carboxylic acids is 1. The first-order valence-electron chi connectivity index (χ1n) is 7.88. The van der Waals surface area contributed by atoms with Gasteiger partial charge in [-0.3, -0.25) is 4.79 Å². The molecule has 10 heteroatoms. The zero-order valence-electron chi connectivity index (χ0n) is 14.4. The molecule has 2 rings (SSSR count). The molecule has 0 radical (unpaired) electrons. The lowest BCUT2D eigenvalue weighted by molar-refractivity contribution is -0.274. The topological polar surface area (TPSA) is 88.5 Å². The SMILES string of the molecule is CC(C)C(NC(=O)Cc1csc(-c2ccc(OC(F)(F)F)cc2)n1)C(=O)O. The van der Waals surface area contributed by atoms with Gasteiger partial charge in [-0.2, -0.15) is 0 Å². The summed E-state index contributed by atoms with van der Waals surface area (Å²) in [4.78, 5) is 27.4. The van der Waals surface area contributed by atoms with Crippen molar-refractivity contribution in [1.29, 1.82) is 0 Å². The highest BCUT2D eigenvalue weighted by Crippen LogP contribution is 2.28. The normalized spacial score (nSPS) is 12.7. The van der Waals surface area contributed by atoms with Crippen LogP contribution in [0.25, 0.3) is 10.6 Å². The maximum atomic E-state index is 12.2. The molecule has 0 spiro atoms. The van der Waals surface area contributed by atoms with Crippen LogP contribution in [0.1, 0.15) is 19.5 Å². The fraction of sp³-hybridized carbons (Fsp3) is 0.353. The summed E-state index contributed by atoms with van der Waals surface area (Å²) in [6.07, 6.45) is -4.85. The largest absolute Gasteiger partial charge is 0.573 e. The van der Waals surface area contributed by atoms with Gasteiger partial charge >= 0.3 is 12.3 Å². The summed E-state index contributed by atoms with van der Waals surface area (Å²) < 4.78 is 40.3. The molecule has 1 amide bonds. The van der Waals surface area contributed by atoms with Gasteiger partial charge in [-0.1, -0.05) is 13.8 Å². The number of carbonyl (C=O) groups excluding carboxylic acids is 1. The highest BCUT2D eigenvalue weighted by atomic mass is 32.1. The first-order valence-corrected chi connectivity index (χ1v) is 8.76. The van der Waals surface area contributed by atoms with E-state index in [4.69, 9.17) is 5.11 Å². The molecule has 146 valence electrons. The number of benzene rings is 1. The van der Waals surface area contributed by atoms with Crippen LogP contribution in [-0.4, -0.2) is 34.4 Å². The van der Waals surface area contributed by atoms with Crippen molar-refractivity contribution < 1.29 is 32.6 Å². The number of halogens is 3. The Balaban J connectivity index is 2.02. The van der Waals surface area contributed by atoms with Crippen molar-refractivity contribution in [3.63, 3.8) is 0 Å². The molecule has 0 saturated heterocycles. The molecule has 1 aromatic heterocycles. The van der Waals surface area contributed by atoms with Gasteiger partial charge < -0.3 is 15.2 Å². The van der Waals surface area contributed by atoms with Crippen molar-refractivity contribution >= 4 is 23.2 Å². The first-order chi connectivity index (χ1) is 12.5. The van der Waals surface area contributed by atoms with E-state index >= 15 is 0 Å². The Morgan fingerprint density at radius 2 is 1.89 bits per heavy atom. The molecule has 1 heterocycles.